The second-order valence-corrected chi connectivity index (χ2v) is 4.13. The fraction of sp³-hybridized carbons (Fsp3) is 0.538. The van der Waals surface area contributed by atoms with Gasteiger partial charge in [-0.05, 0) is 19.9 Å². The highest BCUT2D eigenvalue weighted by Crippen LogP contribution is 2.18. The Balaban J connectivity index is 2.55. The van der Waals surface area contributed by atoms with Crippen LogP contribution in [-0.2, 0) is 11.3 Å². The average Bonchev–Trinajstić information content (AvgIpc) is 2.28. The molecule has 1 aromatic rings. The Hall–Kier alpha value is -1.06. The number of para-hydroxylation sites is 1. The Kier molecular flexibility index (Phi) is 5.29. The van der Waals surface area contributed by atoms with Crippen LogP contribution >= 0.6 is 0 Å². The monoisotopic (exact) mass is 223 g/mol. The van der Waals surface area contributed by atoms with Crippen LogP contribution in [0.4, 0.5) is 5.69 Å². The summed E-state index contributed by atoms with van der Waals surface area (Å²) in [6, 6.07) is 7.87. The molecule has 90 valence electrons. The van der Waals surface area contributed by atoms with Crippen LogP contribution < -0.4 is 4.90 Å². The maximum atomic E-state index is 9.22. The zero-order chi connectivity index (χ0) is 12.0. The molecular formula is C13H21NO2. The summed E-state index contributed by atoms with van der Waals surface area (Å²) in [6.07, 6.45) is 0.265. The Morgan fingerprint density at radius 1 is 1.31 bits per heavy atom. The second kappa shape index (κ2) is 6.51. The van der Waals surface area contributed by atoms with Crippen LogP contribution in [0.2, 0.25) is 0 Å². The van der Waals surface area contributed by atoms with E-state index in [9.17, 15) is 5.11 Å². The third-order valence-electron chi connectivity index (χ3n) is 2.45. The van der Waals surface area contributed by atoms with Gasteiger partial charge in [0.25, 0.3) is 0 Å². The Labute approximate surface area is 97.7 Å². The van der Waals surface area contributed by atoms with Crippen molar-refractivity contribution in [2.75, 3.05) is 25.1 Å². The highest BCUT2D eigenvalue weighted by Gasteiger charge is 2.05. The first kappa shape index (κ1) is 13.0. The van der Waals surface area contributed by atoms with Crippen LogP contribution in [0.5, 0.6) is 0 Å². The third-order valence-corrected chi connectivity index (χ3v) is 2.45. The zero-order valence-electron chi connectivity index (χ0n) is 10.3. The highest BCUT2D eigenvalue weighted by atomic mass is 16.5. The molecule has 0 heterocycles. The maximum Gasteiger partial charge on any atom is 0.0702 e. The molecule has 16 heavy (non-hydrogen) atoms. The van der Waals surface area contributed by atoms with Crippen molar-refractivity contribution in [1.29, 1.82) is 0 Å². The van der Waals surface area contributed by atoms with Gasteiger partial charge in [0.15, 0.2) is 0 Å². The largest absolute Gasteiger partial charge is 0.392 e. The lowest BCUT2D eigenvalue weighted by Gasteiger charge is -2.22. The number of aliphatic hydroxyl groups excluding tert-OH is 1. The van der Waals surface area contributed by atoms with E-state index in [0.717, 1.165) is 17.8 Å². The Bertz CT molecular complexity index is 313. The van der Waals surface area contributed by atoms with Crippen LogP contribution in [-0.4, -0.2) is 31.4 Å². The fourth-order valence-electron chi connectivity index (χ4n) is 1.56. The number of likely N-dealkylation sites (N-methyl/N-ethyl adjacent to an activating group) is 1. The van der Waals surface area contributed by atoms with E-state index in [2.05, 4.69) is 4.90 Å². The Morgan fingerprint density at radius 2 is 2.00 bits per heavy atom. The van der Waals surface area contributed by atoms with E-state index in [1.807, 2.05) is 45.2 Å². The number of hydrogen-bond acceptors (Lipinski definition) is 3. The normalized spacial score (nSPS) is 10.8. The van der Waals surface area contributed by atoms with E-state index in [0.29, 0.717) is 6.61 Å². The number of hydrogen-bond donors (Lipinski definition) is 1. The first-order chi connectivity index (χ1) is 7.65. The van der Waals surface area contributed by atoms with Crippen molar-refractivity contribution < 1.29 is 9.84 Å². The topological polar surface area (TPSA) is 32.7 Å². The summed E-state index contributed by atoms with van der Waals surface area (Å²) in [5, 5.41) is 9.22. The minimum atomic E-state index is 0.0750. The summed E-state index contributed by atoms with van der Waals surface area (Å²) in [4.78, 5) is 2.11. The molecule has 1 rings (SSSR count). The van der Waals surface area contributed by atoms with Crippen molar-refractivity contribution in [3.05, 3.63) is 29.8 Å². The molecule has 0 aromatic heterocycles. The third kappa shape index (κ3) is 3.83. The maximum absolute atomic E-state index is 9.22. The molecule has 0 saturated carbocycles. The molecule has 0 bridgehead atoms. The molecule has 1 aromatic carbocycles. The average molecular weight is 223 g/mol. The molecule has 0 saturated heterocycles. The number of nitrogens with zero attached hydrogens (tertiary/aromatic N) is 1. The van der Waals surface area contributed by atoms with Gasteiger partial charge in [-0.15, -0.1) is 0 Å². The van der Waals surface area contributed by atoms with Crippen molar-refractivity contribution >= 4 is 5.69 Å². The minimum absolute atomic E-state index is 0.0750. The van der Waals surface area contributed by atoms with E-state index in [1.165, 1.54) is 0 Å². The van der Waals surface area contributed by atoms with Crippen LogP contribution in [0.25, 0.3) is 0 Å². The lowest BCUT2D eigenvalue weighted by atomic mass is 10.2. The van der Waals surface area contributed by atoms with Crippen molar-refractivity contribution in [1.82, 2.24) is 0 Å². The number of ether oxygens (including phenoxy) is 1. The van der Waals surface area contributed by atoms with Gasteiger partial charge in [-0.3, -0.25) is 0 Å². The van der Waals surface area contributed by atoms with Gasteiger partial charge in [-0.25, -0.2) is 0 Å². The predicted molar refractivity (Wildman–Crippen MR) is 66.7 cm³/mol. The smallest absolute Gasteiger partial charge is 0.0702 e. The summed E-state index contributed by atoms with van der Waals surface area (Å²) in [5.41, 5.74) is 2.02. The quantitative estimate of drug-likeness (QED) is 0.801. The predicted octanol–water partition coefficient (Wildman–Crippen LogP) is 2.04. The molecule has 0 atom stereocenters. The molecule has 1 N–H and O–H groups in total. The summed E-state index contributed by atoms with van der Waals surface area (Å²) in [5.74, 6) is 0. The first-order valence-electron chi connectivity index (χ1n) is 5.66. The van der Waals surface area contributed by atoms with Crippen molar-refractivity contribution in [3.8, 4) is 0 Å². The Morgan fingerprint density at radius 3 is 2.62 bits per heavy atom. The molecule has 0 radical (unpaired) electrons. The zero-order valence-corrected chi connectivity index (χ0v) is 10.3. The highest BCUT2D eigenvalue weighted by molar-refractivity contribution is 5.52. The summed E-state index contributed by atoms with van der Waals surface area (Å²) in [7, 11) is 2.01. The molecule has 0 unspecified atom stereocenters. The number of rotatable bonds is 6. The van der Waals surface area contributed by atoms with Gasteiger partial charge in [-0.2, -0.15) is 0 Å². The lowest BCUT2D eigenvalue weighted by molar-refractivity contribution is 0.0845. The van der Waals surface area contributed by atoms with E-state index < -0.39 is 0 Å². The second-order valence-electron chi connectivity index (χ2n) is 4.13. The van der Waals surface area contributed by atoms with Gasteiger partial charge < -0.3 is 14.7 Å². The SMILES string of the molecule is CC(C)OCCN(C)c1ccccc1CO. The number of benzene rings is 1. The van der Waals surface area contributed by atoms with E-state index >= 15 is 0 Å². The summed E-state index contributed by atoms with van der Waals surface area (Å²) in [6.45, 7) is 5.66. The van der Waals surface area contributed by atoms with Gasteiger partial charge in [0.1, 0.15) is 0 Å². The summed E-state index contributed by atoms with van der Waals surface area (Å²) < 4.78 is 5.50. The molecule has 0 aliphatic carbocycles. The standard InChI is InChI=1S/C13H21NO2/c1-11(2)16-9-8-14(3)13-7-5-4-6-12(13)10-15/h4-7,11,15H,8-10H2,1-3H3. The van der Waals surface area contributed by atoms with Gasteiger partial charge in [-0.1, -0.05) is 18.2 Å². The molecule has 0 amide bonds. The van der Waals surface area contributed by atoms with Gasteiger partial charge in [0.05, 0.1) is 19.3 Å². The van der Waals surface area contributed by atoms with E-state index in [-0.39, 0.29) is 12.7 Å². The molecule has 0 spiro atoms. The number of anilines is 1. The van der Waals surface area contributed by atoms with Crippen LogP contribution in [0.15, 0.2) is 24.3 Å². The van der Waals surface area contributed by atoms with Gasteiger partial charge >= 0.3 is 0 Å². The molecule has 3 heteroatoms. The minimum Gasteiger partial charge on any atom is -0.392 e. The van der Waals surface area contributed by atoms with Gasteiger partial charge in [0, 0.05) is 24.8 Å². The van der Waals surface area contributed by atoms with E-state index in [1.54, 1.807) is 0 Å². The van der Waals surface area contributed by atoms with Gasteiger partial charge in [0.2, 0.25) is 0 Å². The first-order valence-corrected chi connectivity index (χ1v) is 5.66. The van der Waals surface area contributed by atoms with Crippen LogP contribution in [0.3, 0.4) is 0 Å². The van der Waals surface area contributed by atoms with Crippen LogP contribution in [0, 0.1) is 0 Å². The number of aliphatic hydroxyl groups is 1. The van der Waals surface area contributed by atoms with Crippen molar-refractivity contribution in [3.63, 3.8) is 0 Å². The van der Waals surface area contributed by atoms with Crippen molar-refractivity contribution in [2.45, 2.75) is 26.6 Å². The molecule has 0 fully saturated rings. The lowest BCUT2D eigenvalue weighted by Crippen LogP contribution is -2.24. The molecule has 0 aliphatic heterocycles. The molecular weight excluding hydrogens is 202 g/mol. The molecule has 3 nitrogen and oxygen atoms in total. The van der Waals surface area contributed by atoms with Crippen molar-refractivity contribution in [2.24, 2.45) is 0 Å². The fourth-order valence-corrected chi connectivity index (χ4v) is 1.56. The molecule has 0 aliphatic rings. The summed E-state index contributed by atoms with van der Waals surface area (Å²) >= 11 is 0. The van der Waals surface area contributed by atoms with E-state index in [4.69, 9.17) is 4.74 Å². The van der Waals surface area contributed by atoms with Crippen LogP contribution in [0.1, 0.15) is 19.4 Å².